The average molecular weight is 279 g/mol. The van der Waals surface area contributed by atoms with Crippen molar-refractivity contribution in [2.45, 2.75) is 38.6 Å². The van der Waals surface area contributed by atoms with Gasteiger partial charge in [0.05, 0.1) is 13.7 Å². The van der Waals surface area contributed by atoms with Gasteiger partial charge in [0, 0.05) is 0 Å². The van der Waals surface area contributed by atoms with Crippen LogP contribution in [-0.4, -0.2) is 31.8 Å². The highest BCUT2D eigenvalue weighted by Gasteiger charge is 2.32. The Kier molecular flexibility index (Phi) is 7.09. The number of carbonyl (C=O) groups excluding carboxylic acids is 1. The zero-order chi connectivity index (χ0) is 14.8. The Hall–Kier alpha value is -1.55. The number of para-hydroxylation sites is 1. The maximum absolute atomic E-state index is 11.9. The van der Waals surface area contributed by atoms with Crippen molar-refractivity contribution >= 4 is 5.97 Å². The van der Waals surface area contributed by atoms with Crippen molar-refractivity contribution in [2.75, 3.05) is 20.3 Å². The third-order valence-electron chi connectivity index (χ3n) is 3.23. The van der Waals surface area contributed by atoms with E-state index >= 15 is 0 Å². The van der Waals surface area contributed by atoms with Crippen molar-refractivity contribution < 1.29 is 14.3 Å². The molecule has 1 aromatic carbocycles. The fourth-order valence-electron chi connectivity index (χ4n) is 2.02. The molecule has 4 heteroatoms. The van der Waals surface area contributed by atoms with Crippen LogP contribution in [0.5, 0.6) is 5.75 Å². The van der Waals surface area contributed by atoms with E-state index in [0.29, 0.717) is 13.0 Å². The van der Waals surface area contributed by atoms with Crippen LogP contribution in [0.15, 0.2) is 30.3 Å². The molecule has 20 heavy (non-hydrogen) atoms. The predicted octanol–water partition coefficient (Wildman–Crippen LogP) is 2.78. The number of hydrogen-bond acceptors (Lipinski definition) is 4. The molecule has 4 nitrogen and oxygen atoms in total. The molecule has 0 aliphatic rings. The molecule has 1 unspecified atom stereocenters. The maximum Gasteiger partial charge on any atom is 0.325 e. The number of carbonyl (C=O) groups is 1. The number of benzene rings is 1. The van der Waals surface area contributed by atoms with Gasteiger partial charge in [-0.2, -0.15) is 0 Å². The lowest BCUT2D eigenvalue weighted by molar-refractivity contribution is -0.148. The van der Waals surface area contributed by atoms with Crippen LogP contribution < -0.4 is 10.1 Å². The lowest BCUT2D eigenvalue weighted by atomic mass is 9.96. The second kappa shape index (κ2) is 8.59. The van der Waals surface area contributed by atoms with Crippen LogP contribution in [0.4, 0.5) is 0 Å². The summed E-state index contributed by atoms with van der Waals surface area (Å²) < 4.78 is 10.5. The fourth-order valence-corrected chi connectivity index (χ4v) is 2.02. The molecule has 1 rings (SSSR count). The summed E-state index contributed by atoms with van der Waals surface area (Å²) in [5.74, 6) is 0.638. The first-order chi connectivity index (χ1) is 9.62. The normalized spacial score (nSPS) is 13.6. The van der Waals surface area contributed by atoms with Crippen molar-refractivity contribution in [3.8, 4) is 5.75 Å². The van der Waals surface area contributed by atoms with Crippen LogP contribution in [-0.2, 0) is 9.53 Å². The zero-order valence-corrected chi connectivity index (χ0v) is 12.6. The number of rotatable bonds is 9. The summed E-state index contributed by atoms with van der Waals surface area (Å²) in [7, 11) is 1.43. The van der Waals surface area contributed by atoms with Gasteiger partial charge in [-0.25, -0.2) is 0 Å². The van der Waals surface area contributed by atoms with Crippen LogP contribution >= 0.6 is 0 Å². The minimum atomic E-state index is -0.634. The highest BCUT2D eigenvalue weighted by Crippen LogP contribution is 2.16. The maximum atomic E-state index is 11.9. The Morgan fingerprint density at radius 3 is 2.60 bits per heavy atom. The van der Waals surface area contributed by atoms with Crippen molar-refractivity contribution in [1.29, 1.82) is 0 Å². The Balaban J connectivity index is 2.40. The molecule has 0 bridgehead atoms. The van der Waals surface area contributed by atoms with E-state index in [2.05, 4.69) is 12.2 Å². The summed E-state index contributed by atoms with van der Waals surface area (Å²) >= 11 is 0. The molecule has 0 spiro atoms. The second-order valence-electron chi connectivity index (χ2n) is 5.02. The van der Waals surface area contributed by atoms with E-state index in [1.165, 1.54) is 7.11 Å². The first kappa shape index (κ1) is 16.5. The first-order valence-electron chi connectivity index (χ1n) is 7.13. The Morgan fingerprint density at radius 2 is 2.00 bits per heavy atom. The molecule has 0 radical (unpaired) electrons. The molecular weight excluding hydrogens is 254 g/mol. The molecule has 112 valence electrons. The van der Waals surface area contributed by atoms with Crippen molar-refractivity contribution in [1.82, 2.24) is 5.32 Å². The zero-order valence-electron chi connectivity index (χ0n) is 12.6. The van der Waals surface area contributed by atoms with Gasteiger partial charge in [-0.3, -0.25) is 4.79 Å². The first-order valence-corrected chi connectivity index (χ1v) is 7.13. The minimum Gasteiger partial charge on any atom is -0.494 e. The monoisotopic (exact) mass is 279 g/mol. The highest BCUT2D eigenvalue weighted by molar-refractivity contribution is 5.80. The van der Waals surface area contributed by atoms with E-state index in [1.54, 1.807) is 0 Å². The van der Waals surface area contributed by atoms with Gasteiger partial charge in [0.15, 0.2) is 0 Å². The number of hydrogen-bond donors (Lipinski definition) is 1. The van der Waals surface area contributed by atoms with E-state index in [4.69, 9.17) is 9.47 Å². The largest absolute Gasteiger partial charge is 0.494 e. The van der Waals surface area contributed by atoms with Gasteiger partial charge in [0.2, 0.25) is 0 Å². The SMILES string of the molecule is CCCNC(C)(CCCOc1ccccc1)C(=O)OC. The topological polar surface area (TPSA) is 47.6 Å². The molecule has 1 atom stereocenters. The van der Waals surface area contributed by atoms with Gasteiger partial charge in [0.1, 0.15) is 11.3 Å². The molecule has 0 aliphatic carbocycles. The number of esters is 1. The quantitative estimate of drug-likeness (QED) is 0.558. The number of nitrogens with one attached hydrogen (secondary N) is 1. The van der Waals surface area contributed by atoms with Crippen LogP contribution in [0.1, 0.15) is 33.1 Å². The minimum absolute atomic E-state index is 0.217. The van der Waals surface area contributed by atoms with Crippen LogP contribution in [0.25, 0.3) is 0 Å². The van der Waals surface area contributed by atoms with Crippen LogP contribution in [0, 0.1) is 0 Å². The summed E-state index contributed by atoms with van der Waals surface area (Å²) in [5, 5.41) is 3.27. The summed E-state index contributed by atoms with van der Waals surface area (Å²) in [4.78, 5) is 11.9. The third kappa shape index (κ3) is 5.21. The lowest BCUT2D eigenvalue weighted by Gasteiger charge is -2.28. The van der Waals surface area contributed by atoms with Crippen LogP contribution in [0.2, 0.25) is 0 Å². The van der Waals surface area contributed by atoms with E-state index in [9.17, 15) is 4.79 Å². The van der Waals surface area contributed by atoms with Gasteiger partial charge < -0.3 is 14.8 Å². The molecular formula is C16H25NO3. The van der Waals surface area contributed by atoms with Crippen molar-refractivity contribution in [3.63, 3.8) is 0 Å². The van der Waals surface area contributed by atoms with Crippen LogP contribution in [0.3, 0.4) is 0 Å². The Bertz CT molecular complexity index is 394. The number of methoxy groups -OCH3 is 1. The Morgan fingerprint density at radius 1 is 1.30 bits per heavy atom. The molecule has 0 amide bonds. The van der Waals surface area contributed by atoms with Gasteiger partial charge in [-0.15, -0.1) is 0 Å². The van der Waals surface area contributed by atoms with E-state index in [0.717, 1.165) is 25.1 Å². The van der Waals surface area contributed by atoms with Gasteiger partial charge in [0.25, 0.3) is 0 Å². The van der Waals surface area contributed by atoms with Gasteiger partial charge >= 0.3 is 5.97 Å². The lowest BCUT2D eigenvalue weighted by Crippen LogP contribution is -2.50. The number of ether oxygens (including phenoxy) is 2. The fraction of sp³-hybridized carbons (Fsp3) is 0.562. The van der Waals surface area contributed by atoms with Crippen molar-refractivity contribution in [2.24, 2.45) is 0 Å². The summed E-state index contributed by atoms with van der Waals surface area (Å²) in [6.07, 6.45) is 2.46. The van der Waals surface area contributed by atoms with Gasteiger partial charge in [-0.1, -0.05) is 25.1 Å². The Labute approximate surface area is 121 Å². The average Bonchev–Trinajstić information content (AvgIpc) is 2.49. The van der Waals surface area contributed by atoms with E-state index in [-0.39, 0.29) is 5.97 Å². The second-order valence-corrected chi connectivity index (χ2v) is 5.02. The molecule has 0 aromatic heterocycles. The van der Waals surface area contributed by atoms with E-state index < -0.39 is 5.54 Å². The molecule has 0 aliphatic heterocycles. The predicted molar refractivity (Wildman–Crippen MR) is 79.9 cm³/mol. The molecule has 0 saturated carbocycles. The molecule has 0 heterocycles. The molecule has 1 aromatic rings. The smallest absolute Gasteiger partial charge is 0.325 e. The van der Waals surface area contributed by atoms with Gasteiger partial charge in [-0.05, 0) is 44.9 Å². The van der Waals surface area contributed by atoms with Crippen molar-refractivity contribution in [3.05, 3.63) is 30.3 Å². The van der Waals surface area contributed by atoms with E-state index in [1.807, 2.05) is 37.3 Å². The third-order valence-corrected chi connectivity index (χ3v) is 3.23. The molecule has 1 N–H and O–H groups in total. The molecule has 0 saturated heterocycles. The summed E-state index contributed by atoms with van der Waals surface area (Å²) in [6, 6.07) is 9.69. The summed E-state index contributed by atoms with van der Waals surface area (Å²) in [5.41, 5.74) is -0.634. The highest BCUT2D eigenvalue weighted by atomic mass is 16.5. The molecule has 0 fully saturated rings. The standard InChI is InChI=1S/C16H25NO3/c1-4-12-17-16(2,15(18)19-3)11-8-13-20-14-9-6-5-7-10-14/h5-7,9-10,17H,4,8,11-13H2,1-3H3. The summed E-state index contributed by atoms with van der Waals surface area (Å²) in [6.45, 7) is 5.34.